The Bertz CT molecular complexity index is 885. The van der Waals surface area contributed by atoms with Crippen LogP contribution in [0.25, 0.3) is 5.69 Å². The predicted octanol–water partition coefficient (Wildman–Crippen LogP) is 0.723. The van der Waals surface area contributed by atoms with Crippen LogP contribution in [-0.4, -0.2) is 67.2 Å². The SMILES string of the molecule is Cc1cnc(C(=O)N2CCN(c3nnnn3-c3ccccc3)CC2)cn1. The maximum atomic E-state index is 12.6. The maximum Gasteiger partial charge on any atom is 0.274 e. The number of anilines is 1. The number of para-hydroxylation sites is 1. The van der Waals surface area contributed by atoms with Gasteiger partial charge in [0, 0.05) is 32.4 Å². The largest absolute Gasteiger partial charge is 0.336 e. The van der Waals surface area contributed by atoms with E-state index in [4.69, 9.17) is 0 Å². The Morgan fingerprint density at radius 1 is 1.00 bits per heavy atom. The zero-order valence-corrected chi connectivity index (χ0v) is 14.4. The number of nitrogens with zero attached hydrogens (tertiary/aromatic N) is 8. The van der Waals surface area contributed by atoms with Gasteiger partial charge in [0.2, 0.25) is 5.95 Å². The van der Waals surface area contributed by atoms with Gasteiger partial charge in [0.1, 0.15) is 5.69 Å². The number of carbonyl (C=O) groups excluding carboxylic acids is 1. The third kappa shape index (κ3) is 3.10. The molecule has 0 bridgehead atoms. The van der Waals surface area contributed by atoms with Gasteiger partial charge in [-0.25, -0.2) is 4.98 Å². The predicted molar refractivity (Wildman–Crippen MR) is 94.0 cm³/mol. The summed E-state index contributed by atoms with van der Waals surface area (Å²) in [5.41, 5.74) is 2.07. The Morgan fingerprint density at radius 2 is 1.77 bits per heavy atom. The third-order valence-electron chi connectivity index (χ3n) is 4.30. The van der Waals surface area contributed by atoms with Crippen LogP contribution in [0.4, 0.5) is 5.95 Å². The van der Waals surface area contributed by atoms with Gasteiger partial charge in [0.05, 0.1) is 17.6 Å². The topological polar surface area (TPSA) is 92.9 Å². The molecule has 26 heavy (non-hydrogen) atoms. The van der Waals surface area contributed by atoms with Crippen molar-refractivity contribution in [3.63, 3.8) is 0 Å². The summed E-state index contributed by atoms with van der Waals surface area (Å²) in [6.45, 7) is 4.31. The molecule has 0 unspecified atom stereocenters. The van der Waals surface area contributed by atoms with E-state index in [1.54, 1.807) is 15.8 Å². The second-order valence-corrected chi connectivity index (χ2v) is 6.05. The van der Waals surface area contributed by atoms with Crippen molar-refractivity contribution in [1.82, 2.24) is 35.1 Å². The van der Waals surface area contributed by atoms with Gasteiger partial charge in [-0.3, -0.25) is 9.78 Å². The van der Waals surface area contributed by atoms with Gasteiger partial charge in [-0.05, 0) is 29.5 Å². The first-order valence-electron chi connectivity index (χ1n) is 8.39. The standard InChI is InChI=1S/C17H18N8O/c1-13-11-19-15(12-18-13)16(26)23-7-9-24(10-8-23)17-20-21-22-25(17)14-5-3-2-4-6-14/h2-6,11-12H,7-10H2,1H3. The molecule has 0 radical (unpaired) electrons. The van der Waals surface area contributed by atoms with E-state index in [1.165, 1.54) is 6.20 Å². The number of tetrazole rings is 1. The van der Waals surface area contributed by atoms with Crippen LogP contribution in [0.15, 0.2) is 42.7 Å². The van der Waals surface area contributed by atoms with Crippen LogP contribution in [0.1, 0.15) is 16.2 Å². The summed E-state index contributed by atoms with van der Waals surface area (Å²) < 4.78 is 1.71. The first-order valence-corrected chi connectivity index (χ1v) is 8.39. The number of aryl methyl sites for hydroxylation is 1. The van der Waals surface area contributed by atoms with Gasteiger partial charge >= 0.3 is 0 Å². The van der Waals surface area contributed by atoms with Crippen LogP contribution in [0.5, 0.6) is 0 Å². The van der Waals surface area contributed by atoms with E-state index in [0.29, 0.717) is 37.8 Å². The normalized spacial score (nSPS) is 14.5. The minimum atomic E-state index is -0.0974. The molecule has 9 nitrogen and oxygen atoms in total. The number of hydrogen-bond acceptors (Lipinski definition) is 7. The lowest BCUT2D eigenvalue weighted by Crippen LogP contribution is -2.49. The first kappa shape index (κ1) is 16.1. The third-order valence-corrected chi connectivity index (χ3v) is 4.30. The van der Waals surface area contributed by atoms with Crippen molar-refractivity contribution in [2.45, 2.75) is 6.92 Å². The highest BCUT2D eigenvalue weighted by Crippen LogP contribution is 2.17. The second-order valence-electron chi connectivity index (χ2n) is 6.05. The van der Waals surface area contributed by atoms with E-state index in [9.17, 15) is 4.79 Å². The van der Waals surface area contributed by atoms with E-state index < -0.39 is 0 Å². The fraction of sp³-hybridized carbons (Fsp3) is 0.294. The molecule has 4 rings (SSSR count). The molecule has 3 heterocycles. The van der Waals surface area contributed by atoms with Crippen molar-refractivity contribution in [2.24, 2.45) is 0 Å². The van der Waals surface area contributed by atoms with E-state index in [0.717, 1.165) is 11.4 Å². The van der Waals surface area contributed by atoms with Gasteiger partial charge in [0.25, 0.3) is 5.91 Å². The van der Waals surface area contributed by atoms with E-state index >= 15 is 0 Å². The molecule has 3 aromatic rings. The average molecular weight is 350 g/mol. The Kier molecular flexibility index (Phi) is 4.26. The van der Waals surface area contributed by atoms with Crippen LogP contribution in [0, 0.1) is 6.92 Å². The molecule has 0 N–H and O–H groups in total. The van der Waals surface area contributed by atoms with Crippen molar-refractivity contribution in [3.05, 3.63) is 54.1 Å². The Balaban J connectivity index is 1.45. The van der Waals surface area contributed by atoms with Crippen LogP contribution in [-0.2, 0) is 0 Å². The van der Waals surface area contributed by atoms with Crippen LogP contribution in [0.2, 0.25) is 0 Å². The second kappa shape index (κ2) is 6.87. The zero-order valence-electron chi connectivity index (χ0n) is 14.4. The van der Waals surface area contributed by atoms with Gasteiger partial charge in [0.15, 0.2) is 0 Å². The highest BCUT2D eigenvalue weighted by molar-refractivity contribution is 5.92. The molecule has 1 aliphatic rings. The Hall–Kier alpha value is -3.36. The van der Waals surface area contributed by atoms with Crippen LogP contribution < -0.4 is 4.90 Å². The smallest absolute Gasteiger partial charge is 0.274 e. The average Bonchev–Trinajstić information content (AvgIpc) is 3.19. The summed E-state index contributed by atoms with van der Waals surface area (Å²) in [7, 11) is 0. The first-order chi connectivity index (χ1) is 12.7. The molecule has 1 fully saturated rings. The molecule has 0 aliphatic carbocycles. The van der Waals surface area contributed by atoms with Crippen LogP contribution in [0.3, 0.4) is 0 Å². The highest BCUT2D eigenvalue weighted by atomic mass is 16.2. The molecule has 0 saturated carbocycles. The number of amides is 1. The zero-order chi connectivity index (χ0) is 17.9. The molecule has 0 atom stereocenters. The molecule has 9 heteroatoms. The summed E-state index contributed by atoms with van der Waals surface area (Å²) in [6, 6.07) is 9.75. The molecular weight excluding hydrogens is 332 g/mol. The van der Waals surface area contributed by atoms with E-state index in [2.05, 4.69) is 30.4 Å². The van der Waals surface area contributed by atoms with Crippen molar-refractivity contribution in [2.75, 3.05) is 31.1 Å². The molecule has 1 saturated heterocycles. The summed E-state index contributed by atoms with van der Waals surface area (Å²) in [4.78, 5) is 24.7. The minimum Gasteiger partial charge on any atom is -0.336 e. The highest BCUT2D eigenvalue weighted by Gasteiger charge is 2.26. The summed E-state index contributed by atoms with van der Waals surface area (Å²) in [5.74, 6) is 0.582. The lowest BCUT2D eigenvalue weighted by molar-refractivity contribution is 0.0739. The van der Waals surface area contributed by atoms with Gasteiger partial charge in [-0.1, -0.05) is 23.3 Å². The van der Waals surface area contributed by atoms with Crippen molar-refractivity contribution >= 4 is 11.9 Å². The number of hydrogen-bond donors (Lipinski definition) is 0. The Morgan fingerprint density at radius 3 is 2.46 bits per heavy atom. The summed E-state index contributed by atoms with van der Waals surface area (Å²) in [6.07, 6.45) is 3.14. The van der Waals surface area contributed by atoms with Gasteiger partial charge in [-0.15, -0.1) is 0 Å². The Labute approximate surface area is 150 Å². The lowest BCUT2D eigenvalue weighted by atomic mass is 10.3. The maximum absolute atomic E-state index is 12.6. The lowest BCUT2D eigenvalue weighted by Gasteiger charge is -2.34. The van der Waals surface area contributed by atoms with Gasteiger partial charge < -0.3 is 9.80 Å². The number of aromatic nitrogens is 6. The van der Waals surface area contributed by atoms with Crippen LogP contribution >= 0.6 is 0 Å². The van der Waals surface area contributed by atoms with E-state index in [1.807, 2.05) is 37.3 Å². The summed E-state index contributed by atoms with van der Waals surface area (Å²) >= 11 is 0. The van der Waals surface area contributed by atoms with Crippen molar-refractivity contribution < 1.29 is 4.79 Å². The van der Waals surface area contributed by atoms with Crippen molar-refractivity contribution in [1.29, 1.82) is 0 Å². The van der Waals surface area contributed by atoms with Gasteiger partial charge in [-0.2, -0.15) is 4.68 Å². The molecule has 2 aromatic heterocycles. The molecule has 0 spiro atoms. The number of benzene rings is 1. The molecule has 1 aliphatic heterocycles. The van der Waals surface area contributed by atoms with E-state index in [-0.39, 0.29) is 5.91 Å². The monoisotopic (exact) mass is 350 g/mol. The number of rotatable bonds is 3. The minimum absolute atomic E-state index is 0.0974. The molecular formula is C17H18N8O. The quantitative estimate of drug-likeness (QED) is 0.687. The van der Waals surface area contributed by atoms with Crippen molar-refractivity contribution in [3.8, 4) is 5.69 Å². The summed E-state index contributed by atoms with van der Waals surface area (Å²) in [5, 5.41) is 12.0. The molecule has 1 aromatic carbocycles. The number of carbonyl (C=O) groups is 1. The fourth-order valence-electron chi connectivity index (χ4n) is 2.89. The molecule has 1 amide bonds. The fourth-order valence-corrected chi connectivity index (χ4v) is 2.89. The number of piperazine rings is 1. The molecule has 132 valence electrons.